The zero-order chi connectivity index (χ0) is 13.1. The molecule has 0 aliphatic heterocycles. The average molecular weight is 250 g/mol. The fourth-order valence-corrected chi connectivity index (χ4v) is 3.20. The Kier molecular flexibility index (Phi) is 4.39. The molecule has 0 radical (unpaired) electrons. The van der Waals surface area contributed by atoms with Gasteiger partial charge in [-0.15, -0.1) is 0 Å². The van der Waals surface area contributed by atoms with Crippen LogP contribution in [0.25, 0.3) is 0 Å². The van der Waals surface area contributed by atoms with Gasteiger partial charge in [0.15, 0.2) is 0 Å². The van der Waals surface area contributed by atoms with Gasteiger partial charge >= 0.3 is 0 Å². The van der Waals surface area contributed by atoms with Crippen molar-refractivity contribution >= 4 is 0 Å². The molecule has 1 aromatic carbocycles. The summed E-state index contributed by atoms with van der Waals surface area (Å²) in [5, 5.41) is 10.4. The molecule has 3 unspecified atom stereocenters. The molecule has 0 bridgehead atoms. The second-order valence-electron chi connectivity index (χ2n) is 5.71. The molecule has 1 saturated carbocycles. The highest BCUT2D eigenvalue weighted by Crippen LogP contribution is 2.38. The van der Waals surface area contributed by atoms with E-state index in [1.54, 1.807) is 0 Å². The molecule has 1 fully saturated rings. The Morgan fingerprint density at radius 3 is 2.78 bits per heavy atom. The Bertz CT molecular complexity index is 382. The summed E-state index contributed by atoms with van der Waals surface area (Å²) in [5.74, 6) is 0.782. The van der Waals surface area contributed by atoms with Gasteiger partial charge in [0.25, 0.3) is 0 Å². The molecular formula is C16H23FO. The third-order valence-electron chi connectivity index (χ3n) is 4.25. The first-order valence-corrected chi connectivity index (χ1v) is 7.05. The summed E-state index contributed by atoms with van der Waals surface area (Å²) in [5.41, 5.74) is 1.63. The van der Waals surface area contributed by atoms with E-state index in [1.165, 1.54) is 31.4 Å². The first-order chi connectivity index (χ1) is 8.60. The number of aliphatic hydroxyl groups is 1. The molecule has 0 amide bonds. The van der Waals surface area contributed by atoms with Gasteiger partial charge in [0.2, 0.25) is 0 Å². The van der Waals surface area contributed by atoms with Crippen LogP contribution in [0.4, 0.5) is 4.39 Å². The summed E-state index contributed by atoms with van der Waals surface area (Å²) in [7, 11) is 0. The van der Waals surface area contributed by atoms with Crippen LogP contribution in [-0.2, 0) is 0 Å². The SMILES string of the molecule is CCC1CCCC(C(O)c2cc(C)cc(F)c2)C1. The standard InChI is InChI=1S/C16H23FO/c1-3-12-5-4-6-13(9-12)16(18)14-7-11(2)8-15(17)10-14/h7-8,10,12-13,16,18H,3-6,9H2,1-2H3. The second-order valence-corrected chi connectivity index (χ2v) is 5.71. The topological polar surface area (TPSA) is 20.2 Å². The summed E-state index contributed by atoms with van der Waals surface area (Å²) >= 11 is 0. The van der Waals surface area contributed by atoms with Crippen molar-refractivity contribution in [3.8, 4) is 0 Å². The summed E-state index contributed by atoms with van der Waals surface area (Å²) in [6.07, 6.45) is 5.29. The van der Waals surface area contributed by atoms with Gasteiger partial charge in [0.1, 0.15) is 5.82 Å². The Labute approximate surface area is 109 Å². The Hall–Kier alpha value is -0.890. The van der Waals surface area contributed by atoms with Crippen LogP contribution in [-0.4, -0.2) is 5.11 Å². The lowest BCUT2D eigenvalue weighted by Crippen LogP contribution is -2.21. The number of halogens is 1. The van der Waals surface area contributed by atoms with E-state index in [4.69, 9.17) is 0 Å². The minimum Gasteiger partial charge on any atom is -0.388 e. The van der Waals surface area contributed by atoms with Crippen LogP contribution in [0.3, 0.4) is 0 Å². The lowest BCUT2D eigenvalue weighted by Gasteiger charge is -2.32. The molecule has 18 heavy (non-hydrogen) atoms. The van der Waals surface area contributed by atoms with Gasteiger partial charge in [-0.2, -0.15) is 0 Å². The maximum absolute atomic E-state index is 13.4. The molecule has 2 rings (SSSR count). The van der Waals surface area contributed by atoms with Crippen molar-refractivity contribution in [2.24, 2.45) is 11.8 Å². The molecule has 1 aliphatic carbocycles. The smallest absolute Gasteiger partial charge is 0.123 e. The first kappa shape index (κ1) is 13.5. The maximum atomic E-state index is 13.4. The van der Waals surface area contributed by atoms with E-state index in [0.717, 1.165) is 29.9 Å². The number of aryl methyl sites for hydroxylation is 1. The van der Waals surface area contributed by atoms with Crippen LogP contribution >= 0.6 is 0 Å². The minimum absolute atomic E-state index is 0.244. The fraction of sp³-hybridized carbons (Fsp3) is 0.625. The van der Waals surface area contributed by atoms with E-state index in [9.17, 15) is 9.50 Å². The minimum atomic E-state index is -0.506. The third kappa shape index (κ3) is 3.11. The van der Waals surface area contributed by atoms with E-state index >= 15 is 0 Å². The predicted octanol–water partition coefficient (Wildman–Crippen LogP) is 4.38. The molecule has 1 aromatic rings. The molecule has 0 heterocycles. The van der Waals surface area contributed by atoms with Crippen molar-refractivity contribution in [3.63, 3.8) is 0 Å². The summed E-state index contributed by atoms with van der Waals surface area (Å²) in [4.78, 5) is 0. The van der Waals surface area contributed by atoms with E-state index in [2.05, 4.69) is 6.92 Å². The van der Waals surface area contributed by atoms with E-state index in [0.29, 0.717) is 5.92 Å². The highest BCUT2D eigenvalue weighted by atomic mass is 19.1. The van der Waals surface area contributed by atoms with Gasteiger partial charge in [0, 0.05) is 0 Å². The molecule has 2 heteroatoms. The molecule has 1 N–H and O–H groups in total. The van der Waals surface area contributed by atoms with E-state index in [-0.39, 0.29) is 5.82 Å². The lowest BCUT2D eigenvalue weighted by molar-refractivity contribution is 0.0675. The molecular weight excluding hydrogens is 227 g/mol. The monoisotopic (exact) mass is 250 g/mol. The Balaban J connectivity index is 2.12. The van der Waals surface area contributed by atoms with E-state index in [1.807, 2.05) is 13.0 Å². The van der Waals surface area contributed by atoms with Crippen LogP contribution in [0.5, 0.6) is 0 Å². The Morgan fingerprint density at radius 2 is 2.11 bits per heavy atom. The third-order valence-corrected chi connectivity index (χ3v) is 4.25. The van der Waals surface area contributed by atoms with Crippen molar-refractivity contribution in [1.82, 2.24) is 0 Å². The molecule has 1 nitrogen and oxygen atoms in total. The first-order valence-electron chi connectivity index (χ1n) is 7.05. The number of hydrogen-bond donors (Lipinski definition) is 1. The molecule has 0 aromatic heterocycles. The fourth-order valence-electron chi connectivity index (χ4n) is 3.20. The zero-order valence-corrected chi connectivity index (χ0v) is 11.3. The maximum Gasteiger partial charge on any atom is 0.123 e. The zero-order valence-electron chi connectivity index (χ0n) is 11.3. The van der Waals surface area contributed by atoms with Gasteiger partial charge in [0.05, 0.1) is 6.10 Å². The highest BCUT2D eigenvalue weighted by molar-refractivity contribution is 5.25. The Morgan fingerprint density at radius 1 is 1.33 bits per heavy atom. The van der Waals surface area contributed by atoms with Crippen LogP contribution < -0.4 is 0 Å². The van der Waals surface area contributed by atoms with Gasteiger partial charge < -0.3 is 5.11 Å². The number of hydrogen-bond acceptors (Lipinski definition) is 1. The van der Waals surface area contributed by atoms with Crippen molar-refractivity contribution in [2.45, 2.75) is 52.1 Å². The second kappa shape index (κ2) is 5.83. The van der Waals surface area contributed by atoms with Gasteiger partial charge in [-0.25, -0.2) is 4.39 Å². The summed E-state index contributed by atoms with van der Waals surface area (Å²) < 4.78 is 13.4. The van der Waals surface area contributed by atoms with Crippen LogP contribution in [0.15, 0.2) is 18.2 Å². The molecule has 3 atom stereocenters. The summed E-state index contributed by atoms with van der Waals surface area (Å²) in [6.45, 7) is 4.08. The normalized spacial score (nSPS) is 26.0. The van der Waals surface area contributed by atoms with Crippen LogP contribution in [0, 0.1) is 24.6 Å². The predicted molar refractivity (Wildman–Crippen MR) is 71.8 cm³/mol. The number of benzene rings is 1. The highest BCUT2D eigenvalue weighted by Gasteiger charge is 2.27. The number of rotatable bonds is 3. The molecule has 0 saturated heterocycles. The van der Waals surface area contributed by atoms with Crippen molar-refractivity contribution in [1.29, 1.82) is 0 Å². The van der Waals surface area contributed by atoms with Gasteiger partial charge in [-0.1, -0.05) is 32.3 Å². The van der Waals surface area contributed by atoms with Crippen molar-refractivity contribution in [3.05, 3.63) is 35.1 Å². The largest absolute Gasteiger partial charge is 0.388 e. The molecule has 0 spiro atoms. The average Bonchev–Trinajstić information content (AvgIpc) is 2.37. The van der Waals surface area contributed by atoms with Gasteiger partial charge in [-0.05, 0) is 54.9 Å². The number of aliphatic hydroxyl groups excluding tert-OH is 1. The summed E-state index contributed by atoms with van der Waals surface area (Å²) in [6, 6.07) is 4.89. The van der Waals surface area contributed by atoms with Crippen molar-refractivity contribution < 1.29 is 9.50 Å². The van der Waals surface area contributed by atoms with E-state index < -0.39 is 6.10 Å². The quantitative estimate of drug-likeness (QED) is 0.843. The van der Waals surface area contributed by atoms with Crippen LogP contribution in [0.2, 0.25) is 0 Å². The molecule has 1 aliphatic rings. The lowest BCUT2D eigenvalue weighted by atomic mass is 9.76. The molecule has 100 valence electrons. The van der Waals surface area contributed by atoms with Crippen molar-refractivity contribution in [2.75, 3.05) is 0 Å². The van der Waals surface area contributed by atoms with Gasteiger partial charge in [-0.3, -0.25) is 0 Å². The van der Waals surface area contributed by atoms with Crippen LogP contribution in [0.1, 0.15) is 56.3 Å².